The van der Waals surface area contributed by atoms with Crippen LogP contribution in [0.25, 0.3) is 0 Å². The second kappa shape index (κ2) is 5.71. The molecule has 1 aromatic carbocycles. The summed E-state index contributed by atoms with van der Waals surface area (Å²) >= 11 is 5.78. The van der Waals surface area contributed by atoms with Gasteiger partial charge in [-0.3, -0.25) is 0 Å². The van der Waals surface area contributed by atoms with Gasteiger partial charge in [-0.05, 0) is 42.5 Å². The number of hydrogen-bond acceptors (Lipinski definition) is 1. The maximum atomic E-state index is 13.5. The van der Waals surface area contributed by atoms with Crippen molar-refractivity contribution in [3.63, 3.8) is 0 Å². The molecule has 1 unspecified atom stereocenters. The van der Waals surface area contributed by atoms with Gasteiger partial charge in [0.1, 0.15) is 5.82 Å². The van der Waals surface area contributed by atoms with E-state index in [-0.39, 0.29) is 38.0 Å². The van der Waals surface area contributed by atoms with Crippen LogP contribution in [0, 0.1) is 11.7 Å². The van der Waals surface area contributed by atoms with Gasteiger partial charge in [0, 0.05) is 24.3 Å². The number of benzene rings is 1. The molecule has 1 fully saturated rings. The van der Waals surface area contributed by atoms with Crippen molar-refractivity contribution >= 4 is 11.6 Å². The van der Waals surface area contributed by atoms with Gasteiger partial charge < -0.3 is 5.11 Å². The Balaban J connectivity index is 1.98. The average Bonchev–Trinajstić information content (AvgIpc) is 2.33. The third kappa shape index (κ3) is 3.86. The van der Waals surface area contributed by atoms with Gasteiger partial charge in [-0.25, -0.2) is 13.2 Å². The molecule has 106 valence electrons. The molecule has 0 saturated heterocycles. The van der Waals surface area contributed by atoms with Gasteiger partial charge in [0.05, 0.1) is 6.10 Å². The van der Waals surface area contributed by atoms with Crippen LogP contribution in [-0.2, 0) is 6.42 Å². The van der Waals surface area contributed by atoms with Gasteiger partial charge >= 0.3 is 0 Å². The molecular weight excluding hydrogens is 277 g/mol. The first kappa shape index (κ1) is 14.7. The van der Waals surface area contributed by atoms with Crippen molar-refractivity contribution in [3.05, 3.63) is 34.6 Å². The lowest BCUT2D eigenvalue weighted by atomic mass is 9.81. The molecule has 1 atom stereocenters. The van der Waals surface area contributed by atoms with Crippen molar-refractivity contribution in [2.24, 2.45) is 5.92 Å². The van der Waals surface area contributed by atoms with E-state index in [0.717, 1.165) is 0 Å². The predicted molar refractivity (Wildman–Crippen MR) is 68.0 cm³/mol. The summed E-state index contributed by atoms with van der Waals surface area (Å²) in [7, 11) is 0. The molecular formula is C14H16ClF3O. The van der Waals surface area contributed by atoms with Gasteiger partial charge in [0.15, 0.2) is 0 Å². The quantitative estimate of drug-likeness (QED) is 0.885. The Kier molecular flexibility index (Phi) is 4.41. The Labute approximate surface area is 115 Å². The van der Waals surface area contributed by atoms with Crippen LogP contribution in [0.1, 0.15) is 31.2 Å². The van der Waals surface area contributed by atoms with Crippen molar-refractivity contribution in [1.29, 1.82) is 0 Å². The van der Waals surface area contributed by atoms with Crippen LogP contribution in [-0.4, -0.2) is 17.1 Å². The Morgan fingerprint density at radius 1 is 1.32 bits per heavy atom. The first-order valence-corrected chi connectivity index (χ1v) is 6.75. The fraction of sp³-hybridized carbons (Fsp3) is 0.571. The number of aliphatic hydroxyl groups is 1. The normalized spacial score (nSPS) is 21.3. The third-order valence-corrected chi connectivity index (χ3v) is 3.98. The van der Waals surface area contributed by atoms with Crippen LogP contribution >= 0.6 is 11.6 Å². The first-order valence-electron chi connectivity index (χ1n) is 6.37. The van der Waals surface area contributed by atoms with E-state index in [0.29, 0.717) is 10.6 Å². The maximum Gasteiger partial charge on any atom is 0.248 e. The van der Waals surface area contributed by atoms with Crippen LogP contribution in [0.5, 0.6) is 0 Å². The molecule has 0 bridgehead atoms. The molecule has 1 N–H and O–H groups in total. The van der Waals surface area contributed by atoms with Gasteiger partial charge in [0.25, 0.3) is 0 Å². The summed E-state index contributed by atoms with van der Waals surface area (Å²) in [4.78, 5) is 0. The molecule has 0 radical (unpaired) electrons. The second-order valence-electron chi connectivity index (χ2n) is 5.20. The van der Waals surface area contributed by atoms with E-state index in [1.807, 2.05) is 0 Å². The average molecular weight is 293 g/mol. The van der Waals surface area contributed by atoms with Crippen LogP contribution in [0.4, 0.5) is 13.2 Å². The minimum atomic E-state index is -2.61. The van der Waals surface area contributed by atoms with Gasteiger partial charge in [0.2, 0.25) is 5.92 Å². The number of alkyl halides is 2. The predicted octanol–water partition coefficient (Wildman–Crippen LogP) is 4.21. The Morgan fingerprint density at radius 2 is 1.95 bits per heavy atom. The highest BCUT2D eigenvalue weighted by Crippen LogP contribution is 2.38. The Hall–Kier alpha value is -0.740. The summed E-state index contributed by atoms with van der Waals surface area (Å²) in [5, 5.41) is 10.5. The largest absolute Gasteiger partial charge is 0.392 e. The third-order valence-electron chi connectivity index (χ3n) is 3.74. The second-order valence-corrected chi connectivity index (χ2v) is 5.64. The molecule has 1 aliphatic rings. The number of hydrogen-bond donors (Lipinski definition) is 1. The lowest BCUT2D eigenvalue weighted by Crippen LogP contribution is -2.32. The smallest absolute Gasteiger partial charge is 0.248 e. The Morgan fingerprint density at radius 3 is 2.58 bits per heavy atom. The van der Waals surface area contributed by atoms with Crippen molar-refractivity contribution in [2.45, 2.75) is 44.1 Å². The lowest BCUT2D eigenvalue weighted by molar-refractivity contribution is -0.0620. The molecule has 1 nitrogen and oxygen atoms in total. The van der Waals surface area contributed by atoms with Crippen LogP contribution in [0.3, 0.4) is 0 Å². The summed E-state index contributed by atoms with van der Waals surface area (Å²) in [5.41, 5.74) is 0.331. The molecule has 0 amide bonds. The van der Waals surface area contributed by atoms with Crippen LogP contribution < -0.4 is 0 Å². The van der Waals surface area contributed by atoms with E-state index in [1.54, 1.807) is 0 Å². The monoisotopic (exact) mass is 292 g/mol. The molecule has 0 aliphatic heterocycles. The molecule has 1 aromatic rings. The highest BCUT2D eigenvalue weighted by Gasteiger charge is 2.37. The van der Waals surface area contributed by atoms with Crippen LogP contribution in [0.2, 0.25) is 5.02 Å². The van der Waals surface area contributed by atoms with Crippen molar-refractivity contribution < 1.29 is 18.3 Å². The minimum absolute atomic E-state index is 0.114. The zero-order valence-electron chi connectivity index (χ0n) is 10.4. The van der Waals surface area contributed by atoms with Crippen molar-refractivity contribution in [2.75, 3.05) is 0 Å². The standard InChI is InChI=1S/C14H16ClF3O/c15-11-1-2-12(16)10(7-11)8-13(19)9-3-5-14(17,18)6-4-9/h1-2,7,9,13,19H,3-6,8H2. The SMILES string of the molecule is OC(Cc1cc(Cl)ccc1F)C1CCC(F)(F)CC1. The number of halogens is 4. The molecule has 1 saturated carbocycles. The zero-order chi connectivity index (χ0) is 14.0. The van der Waals surface area contributed by atoms with E-state index < -0.39 is 17.8 Å². The highest BCUT2D eigenvalue weighted by atomic mass is 35.5. The maximum absolute atomic E-state index is 13.5. The topological polar surface area (TPSA) is 20.2 Å². The van der Waals surface area contributed by atoms with E-state index in [1.165, 1.54) is 18.2 Å². The lowest BCUT2D eigenvalue weighted by Gasteiger charge is -2.31. The van der Waals surface area contributed by atoms with Crippen molar-refractivity contribution in [1.82, 2.24) is 0 Å². The van der Waals surface area contributed by atoms with E-state index in [9.17, 15) is 18.3 Å². The van der Waals surface area contributed by atoms with E-state index >= 15 is 0 Å². The molecule has 0 aromatic heterocycles. The van der Waals surface area contributed by atoms with Gasteiger partial charge in [-0.1, -0.05) is 11.6 Å². The summed E-state index contributed by atoms with van der Waals surface area (Å²) in [5.74, 6) is -3.24. The molecule has 0 spiro atoms. The molecule has 5 heteroatoms. The summed E-state index contributed by atoms with van der Waals surface area (Å²) in [6, 6.07) is 4.16. The van der Waals surface area contributed by atoms with Gasteiger partial charge in [-0.2, -0.15) is 0 Å². The van der Waals surface area contributed by atoms with Gasteiger partial charge in [-0.15, -0.1) is 0 Å². The molecule has 2 rings (SSSR count). The fourth-order valence-corrected chi connectivity index (χ4v) is 2.73. The number of rotatable bonds is 3. The highest BCUT2D eigenvalue weighted by molar-refractivity contribution is 6.30. The van der Waals surface area contributed by atoms with E-state index in [2.05, 4.69) is 0 Å². The van der Waals surface area contributed by atoms with Crippen molar-refractivity contribution in [3.8, 4) is 0 Å². The molecule has 1 aliphatic carbocycles. The van der Waals surface area contributed by atoms with Crippen LogP contribution in [0.15, 0.2) is 18.2 Å². The van der Waals surface area contributed by atoms with E-state index in [4.69, 9.17) is 11.6 Å². The Bertz CT molecular complexity index is 440. The summed E-state index contributed by atoms with van der Waals surface area (Å²) in [6.45, 7) is 0. The zero-order valence-corrected chi connectivity index (χ0v) is 11.1. The fourth-order valence-electron chi connectivity index (χ4n) is 2.54. The molecule has 19 heavy (non-hydrogen) atoms. The molecule has 0 heterocycles. The summed E-state index contributed by atoms with van der Waals surface area (Å²) in [6.07, 6.45) is -0.543. The summed E-state index contributed by atoms with van der Waals surface area (Å²) < 4.78 is 39.6. The minimum Gasteiger partial charge on any atom is -0.392 e. The number of aliphatic hydroxyl groups excluding tert-OH is 1. The first-order chi connectivity index (χ1) is 8.87.